The molecule has 44 valence electrons. The Morgan fingerprint density at radius 2 is 1.43 bits per heavy atom. The van der Waals surface area contributed by atoms with E-state index in [1.165, 1.54) is 0 Å². The predicted octanol–water partition coefficient (Wildman–Crippen LogP) is 0.0157. The lowest BCUT2D eigenvalue weighted by Gasteiger charge is -1.98. The minimum atomic E-state index is 0.805. The molecule has 0 rings (SSSR count). The van der Waals surface area contributed by atoms with Crippen molar-refractivity contribution in [2.45, 2.75) is 6.42 Å². The summed E-state index contributed by atoms with van der Waals surface area (Å²) in [5.74, 6) is 0. The van der Waals surface area contributed by atoms with Crippen molar-refractivity contribution in [3.63, 3.8) is 0 Å². The van der Waals surface area contributed by atoms with E-state index in [2.05, 4.69) is 23.7 Å². The van der Waals surface area contributed by atoms with Crippen molar-refractivity contribution >= 4 is 0 Å². The Kier molecular flexibility index (Phi) is 5.85. The first-order chi connectivity index (χ1) is 3.41. The van der Waals surface area contributed by atoms with Crippen LogP contribution in [0.5, 0.6) is 0 Å². The topological polar surface area (TPSA) is 25.6 Å². The highest BCUT2D eigenvalue weighted by molar-refractivity contribution is 4.28. The second-order valence-corrected chi connectivity index (χ2v) is 1.25. The first kappa shape index (κ1) is 6.92. The van der Waals surface area contributed by atoms with Crippen molar-refractivity contribution < 1.29 is 9.47 Å². The highest BCUT2D eigenvalue weighted by atomic mass is 16.5. The van der Waals surface area contributed by atoms with Gasteiger partial charge < -0.3 is 9.47 Å². The molecule has 0 fully saturated rings. The molecular weight excluding hydrogens is 92.1 g/mol. The van der Waals surface area contributed by atoms with Crippen molar-refractivity contribution in [1.82, 2.24) is 0 Å². The highest BCUT2D eigenvalue weighted by Gasteiger charge is 1.82. The Morgan fingerprint density at radius 3 is 1.71 bits per heavy atom. The normalized spacial score (nSPS) is 9.43. The summed E-state index contributed by atoms with van der Waals surface area (Å²) < 4.78 is 7.27. The largest absolute Gasteiger partial charge is 0.581 e. The molecular formula is C5H12O2. The summed E-state index contributed by atoms with van der Waals surface area (Å²) >= 11 is 0. The van der Waals surface area contributed by atoms with Gasteiger partial charge in [-0.25, -0.2) is 0 Å². The van der Waals surface area contributed by atoms with Crippen molar-refractivity contribution in [3.8, 4) is 0 Å². The van der Waals surface area contributed by atoms with Gasteiger partial charge in [-0.2, -0.15) is 0 Å². The van der Waals surface area contributed by atoms with Crippen LogP contribution in [0.2, 0.25) is 0 Å². The van der Waals surface area contributed by atoms with E-state index in [9.17, 15) is 0 Å². The van der Waals surface area contributed by atoms with Gasteiger partial charge in [0.25, 0.3) is 0 Å². The Hall–Kier alpha value is -0.0800. The second-order valence-electron chi connectivity index (χ2n) is 1.25. The first-order valence-corrected chi connectivity index (χ1v) is 2.26. The van der Waals surface area contributed by atoms with Crippen LogP contribution in [0.1, 0.15) is 6.42 Å². The molecule has 0 saturated carbocycles. The number of hydrogen-bond donors (Lipinski definition) is 0. The predicted molar refractivity (Wildman–Crippen MR) is 29.5 cm³/mol. The number of ether oxygens (including phenoxy) is 2. The van der Waals surface area contributed by atoms with E-state index >= 15 is 0 Å². The summed E-state index contributed by atoms with van der Waals surface area (Å²) in [6, 6.07) is 0. The molecule has 2 N–H and O–H groups in total. The Bertz CT molecular complexity index is 25.3. The summed E-state index contributed by atoms with van der Waals surface area (Å²) in [5, 5.41) is 0. The summed E-state index contributed by atoms with van der Waals surface area (Å²) in [7, 11) is 6.64. The molecule has 0 aliphatic carbocycles. The Balaban J connectivity index is 2.45. The number of hydrogen-bond acceptors (Lipinski definition) is 0. The molecule has 2 heteroatoms. The van der Waals surface area contributed by atoms with Gasteiger partial charge in [0.1, 0.15) is 13.2 Å². The maximum atomic E-state index is 3.64. The van der Waals surface area contributed by atoms with Gasteiger partial charge in [-0.05, 0) is 0 Å². The molecule has 0 aromatic carbocycles. The third kappa shape index (κ3) is 5.92. The van der Waals surface area contributed by atoms with Crippen LogP contribution < -0.4 is 0 Å². The van der Waals surface area contributed by atoms with Crippen LogP contribution in [0.3, 0.4) is 0 Å². The maximum Gasteiger partial charge on any atom is 0.126 e. The van der Waals surface area contributed by atoms with Gasteiger partial charge in [0, 0.05) is 0 Å². The van der Waals surface area contributed by atoms with Gasteiger partial charge in [0.05, 0.1) is 6.42 Å². The molecule has 0 unspecified atom stereocenters. The molecule has 0 atom stereocenters. The lowest BCUT2D eigenvalue weighted by Crippen LogP contribution is -1.98. The first-order valence-electron chi connectivity index (χ1n) is 2.26. The van der Waals surface area contributed by atoms with E-state index in [1.54, 1.807) is 0 Å². The number of aliphatic hydroxyl groups is 4. The molecule has 0 aromatic heterocycles. The van der Waals surface area contributed by atoms with Crippen LogP contribution in [-0.2, 0) is 0 Å². The minimum Gasteiger partial charge on any atom is -0.581 e. The van der Waals surface area contributed by atoms with Crippen molar-refractivity contribution in [2.24, 2.45) is 0 Å². The third-order valence-corrected chi connectivity index (χ3v) is 0.632. The average molecular weight is 104 g/mol. The smallest absolute Gasteiger partial charge is 0.126 e. The van der Waals surface area contributed by atoms with Gasteiger partial charge in [0.2, 0.25) is 0 Å². The molecule has 0 spiro atoms. The standard InChI is InChI=1S/C5H12O2/c1-6-4-3-5-7-2/h6-7H,1-5H2. The molecule has 0 bridgehead atoms. The zero-order valence-corrected chi connectivity index (χ0v) is 4.43. The van der Waals surface area contributed by atoms with Gasteiger partial charge in [0.15, 0.2) is 0 Å². The quantitative estimate of drug-likeness (QED) is 0.273. The molecule has 0 saturated heterocycles. The zero-order chi connectivity index (χ0) is 5.54. The molecule has 2 nitrogen and oxygen atoms in total. The minimum absolute atomic E-state index is 0.805. The van der Waals surface area contributed by atoms with Crippen molar-refractivity contribution in [2.75, 3.05) is 13.2 Å². The van der Waals surface area contributed by atoms with Crippen molar-refractivity contribution in [3.05, 3.63) is 14.2 Å². The van der Waals surface area contributed by atoms with Crippen LogP contribution in [-0.4, -0.2) is 22.7 Å². The van der Waals surface area contributed by atoms with Gasteiger partial charge in [-0.15, -0.1) is 0 Å². The third-order valence-electron chi connectivity index (χ3n) is 0.632. The summed E-state index contributed by atoms with van der Waals surface area (Å²) in [6.07, 6.45) is 0.979. The van der Waals surface area contributed by atoms with E-state index < -0.39 is 0 Å². The van der Waals surface area contributed by atoms with Crippen molar-refractivity contribution in [1.29, 1.82) is 0 Å². The van der Waals surface area contributed by atoms with Crippen LogP contribution >= 0.6 is 0 Å². The van der Waals surface area contributed by atoms with Crippen LogP contribution in [0.4, 0.5) is 0 Å². The fraction of sp³-hybridized carbons (Fsp3) is 0.600. The molecule has 0 heterocycles. The molecule has 0 aliphatic heterocycles. The Morgan fingerprint density at radius 1 is 1.00 bits per heavy atom. The fourth-order valence-corrected chi connectivity index (χ4v) is 0.294. The summed E-state index contributed by atoms with van der Waals surface area (Å²) in [5.41, 5.74) is 0. The molecule has 0 radical (unpaired) electrons. The monoisotopic (exact) mass is 104 g/mol. The van der Waals surface area contributed by atoms with Gasteiger partial charge in [-0.1, -0.05) is 14.2 Å². The number of rotatable bonds is 4. The highest BCUT2D eigenvalue weighted by Crippen LogP contribution is 1.75. The lowest BCUT2D eigenvalue weighted by molar-refractivity contribution is 0.00318. The fourth-order valence-electron chi connectivity index (χ4n) is 0.294. The van der Waals surface area contributed by atoms with E-state index in [0.717, 1.165) is 19.6 Å². The SMILES string of the molecule is [CH2-][OH+]CCC[OH+][CH2-]. The zero-order valence-electron chi connectivity index (χ0n) is 4.43. The lowest BCUT2D eigenvalue weighted by atomic mass is 10.5. The molecule has 7 heavy (non-hydrogen) atoms. The average Bonchev–Trinajstić information content (AvgIpc) is 1.69. The maximum absolute atomic E-state index is 3.64. The van der Waals surface area contributed by atoms with E-state index in [1.807, 2.05) is 0 Å². The van der Waals surface area contributed by atoms with Gasteiger partial charge >= 0.3 is 0 Å². The van der Waals surface area contributed by atoms with Crippen LogP contribution in [0.25, 0.3) is 0 Å². The van der Waals surface area contributed by atoms with Crippen LogP contribution in [0.15, 0.2) is 0 Å². The summed E-state index contributed by atoms with van der Waals surface area (Å²) in [6.45, 7) is 1.61. The summed E-state index contributed by atoms with van der Waals surface area (Å²) in [4.78, 5) is 0. The Labute approximate surface area is 44.4 Å². The van der Waals surface area contributed by atoms with E-state index in [0.29, 0.717) is 0 Å². The molecule has 0 aromatic rings. The molecule has 0 aliphatic rings. The van der Waals surface area contributed by atoms with E-state index in [4.69, 9.17) is 0 Å². The molecule has 0 amide bonds. The van der Waals surface area contributed by atoms with Gasteiger partial charge in [-0.3, -0.25) is 0 Å². The van der Waals surface area contributed by atoms with E-state index in [-0.39, 0.29) is 0 Å². The second kappa shape index (κ2) is 5.92. The van der Waals surface area contributed by atoms with Crippen LogP contribution in [0, 0.1) is 14.2 Å².